The molecule has 7 heteroatoms. The Bertz CT molecular complexity index is 900. The smallest absolute Gasteiger partial charge is 0.292 e. The van der Waals surface area contributed by atoms with Crippen molar-refractivity contribution in [1.29, 1.82) is 5.26 Å². The Hall–Kier alpha value is -3.53. The van der Waals surface area contributed by atoms with Crippen LogP contribution in [0, 0.1) is 11.3 Å². The number of rotatable bonds is 3. The second-order valence-corrected chi connectivity index (χ2v) is 4.40. The molecule has 0 bridgehead atoms. The molecule has 22 heavy (non-hydrogen) atoms. The maximum Gasteiger partial charge on any atom is 0.292 e. The molecule has 3 rings (SSSR count). The zero-order valence-corrected chi connectivity index (χ0v) is 11.3. The minimum absolute atomic E-state index is 0.178. The first-order valence-electron chi connectivity index (χ1n) is 6.41. The minimum Gasteiger partial charge on any atom is -0.295 e. The number of benzene rings is 1. The van der Waals surface area contributed by atoms with Crippen LogP contribution in [-0.4, -0.2) is 15.2 Å². The molecule has 0 saturated heterocycles. The molecule has 7 nitrogen and oxygen atoms in total. The second-order valence-electron chi connectivity index (χ2n) is 4.40. The Labute approximate surface area is 125 Å². The van der Waals surface area contributed by atoms with Crippen LogP contribution in [0.15, 0.2) is 63.8 Å². The summed E-state index contributed by atoms with van der Waals surface area (Å²) in [6.07, 6.45) is 3.27. The van der Waals surface area contributed by atoms with E-state index < -0.39 is 0 Å². The largest absolute Gasteiger partial charge is 0.295 e. The van der Waals surface area contributed by atoms with Crippen molar-refractivity contribution in [3.63, 3.8) is 0 Å². The lowest BCUT2D eigenvalue weighted by molar-refractivity contribution is 1.06. The fourth-order valence-electron chi connectivity index (χ4n) is 1.88. The summed E-state index contributed by atoms with van der Waals surface area (Å²) in [7, 11) is 0. The number of aromatic amines is 2. The summed E-state index contributed by atoms with van der Waals surface area (Å²) in [5.41, 5.74) is 2.16. The normalized spacial score (nSPS) is 10.7. The van der Waals surface area contributed by atoms with Gasteiger partial charge in [-0.1, -0.05) is 0 Å². The Morgan fingerprint density at radius 3 is 2.59 bits per heavy atom. The van der Waals surface area contributed by atoms with Gasteiger partial charge in [0.05, 0.1) is 23.0 Å². The molecule has 0 unspecified atom stereocenters. The van der Waals surface area contributed by atoms with E-state index in [0.717, 1.165) is 5.56 Å². The molecule has 2 aromatic heterocycles. The molecule has 0 aliphatic rings. The first-order valence-corrected chi connectivity index (χ1v) is 6.41. The van der Waals surface area contributed by atoms with E-state index >= 15 is 0 Å². The van der Waals surface area contributed by atoms with Gasteiger partial charge in [0.15, 0.2) is 5.69 Å². The first-order chi connectivity index (χ1) is 10.8. The SMILES string of the molecule is N#Cc1ccc(N=Nc2c(-c3cccnc3)[nH][nH]c2=O)cc1. The van der Waals surface area contributed by atoms with Crippen molar-refractivity contribution in [2.75, 3.05) is 0 Å². The standard InChI is InChI=1S/C15H10N6O/c16-8-10-3-5-12(6-4-10)18-20-14-13(19-21-15(14)22)11-2-1-7-17-9-11/h1-7,9H,(H2,19,21,22). The van der Waals surface area contributed by atoms with Crippen LogP contribution in [0.3, 0.4) is 0 Å². The third-order valence-corrected chi connectivity index (χ3v) is 2.96. The summed E-state index contributed by atoms with van der Waals surface area (Å²) in [6, 6.07) is 12.2. The van der Waals surface area contributed by atoms with E-state index in [1.54, 1.807) is 42.7 Å². The number of nitriles is 1. The van der Waals surface area contributed by atoms with Gasteiger partial charge >= 0.3 is 0 Å². The molecule has 0 aliphatic carbocycles. The average Bonchev–Trinajstić information content (AvgIpc) is 2.95. The van der Waals surface area contributed by atoms with Gasteiger partial charge in [0, 0.05) is 18.0 Å². The van der Waals surface area contributed by atoms with Crippen LogP contribution in [0.1, 0.15) is 5.56 Å². The van der Waals surface area contributed by atoms with E-state index in [2.05, 4.69) is 25.4 Å². The first kappa shape index (κ1) is 13.5. The van der Waals surface area contributed by atoms with Crippen LogP contribution in [0.2, 0.25) is 0 Å². The van der Waals surface area contributed by atoms with Gasteiger partial charge in [-0.05, 0) is 36.4 Å². The van der Waals surface area contributed by atoms with Crippen LogP contribution in [0.5, 0.6) is 0 Å². The molecule has 2 heterocycles. The number of nitrogens with zero attached hydrogens (tertiary/aromatic N) is 4. The number of nitrogens with one attached hydrogen (secondary N) is 2. The number of hydrogen-bond donors (Lipinski definition) is 2. The number of pyridine rings is 1. The van der Waals surface area contributed by atoms with Crippen molar-refractivity contribution >= 4 is 11.4 Å². The van der Waals surface area contributed by atoms with Gasteiger partial charge < -0.3 is 0 Å². The highest BCUT2D eigenvalue weighted by molar-refractivity contribution is 5.70. The molecule has 0 spiro atoms. The third kappa shape index (κ3) is 2.66. The molecular weight excluding hydrogens is 280 g/mol. The lowest BCUT2D eigenvalue weighted by atomic mass is 10.2. The van der Waals surface area contributed by atoms with E-state index in [0.29, 0.717) is 16.9 Å². The fourth-order valence-corrected chi connectivity index (χ4v) is 1.88. The Morgan fingerprint density at radius 1 is 1.09 bits per heavy atom. The molecule has 0 radical (unpaired) electrons. The predicted octanol–water partition coefficient (Wildman–Crippen LogP) is 3.05. The predicted molar refractivity (Wildman–Crippen MR) is 80.0 cm³/mol. The summed E-state index contributed by atoms with van der Waals surface area (Å²) >= 11 is 0. The molecule has 0 aliphatic heterocycles. The van der Waals surface area contributed by atoms with Crippen molar-refractivity contribution < 1.29 is 0 Å². The van der Waals surface area contributed by atoms with Crippen molar-refractivity contribution in [3.8, 4) is 17.3 Å². The summed E-state index contributed by atoms with van der Waals surface area (Å²) in [6.45, 7) is 0. The molecular formula is C15H10N6O. The quantitative estimate of drug-likeness (QED) is 0.723. The molecule has 1 aromatic carbocycles. The van der Waals surface area contributed by atoms with Gasteiger partial charge in [-0.15, -0.1) is 5.11 Å². The van der Waals surface area contributed by atoms with Crippen LogP contribution in [0.25, 0.3) is 11.3 Å². The lowest BCUT2D eigenvalue weighted by Gasteiger charge is -1.97. The molecule has 2 N–H and O–H groups in total. The highest BCUT2D eigenvalue weighted by Gasteiger charge is 2.11. The van der Waals surface area contributed by atoms with Crippen molar-refractivity contribution in [3.05, 3.63) is 64.7 Å². The van der Waals surface area contributed by atoms with Crippen molar-refractivity contribution in [2.45, 2.75) is 0 Å². The van der Waals surface area contributed by atoms with Crippen LogP contribution < -0.4 is 5.56 Å². The summed E-state index contributed by atoms with van der Waals surface area (Å²) in [5, 5.41) is 22.0. The monoisotopic (exact) mass is 290 g/mol. The molecule has 106 valence electrons. The van der Waals surface area contributed by atoms with Gasteiger partial charge in [0.25, 0.3) is 5.56 Å². The molecule has 0 saturated carbocycles. The topological polar surface area (TPSA) is 110 Å². The fraction of sp³-hybridized carbons (Fsp3) is 0. The zero-order chi connectivity index (χ0) is 15.4. The van der Waals surface area contributed by atoms with Crippen LogP contribution in [0.4, 0.5) is 11.4 Å². The minimum atomic E-state index is -0.365. The summed E-state index contributed by atoms with van der Waals surface area (Å²) < 4.78 is 0. The van der Waals surface area contributed by atoms with E-state index in [1.807, 2.05) is 12.1 Å². The molecule has 3 aromatic rings. The number of azo groups is 1. The van der Waals surface area contributed by atoms with E-state index in [9.17, 15) is 4.79 Å². The second kappa shape index (κ2) is 5.85. The van der Waals surface area contributed by atoms with E-state index in [4.69, 9.17) is 5.26 Å². The Morgan fingerprint density at radius 2 is 1.91 bits per heavy atom. The van der Waals surface area contributed by atoms with Crippen molar-refractivity contribution in [1.82, 2.24) is 15.2 Å². The maximum absolute atomic E-state index is 11.8. The van der Waals surface area contributed by atoms with Gasteiger partial charge in [-0.2, -0.15) is 10.4 Å². The summed E-state index contributed by atoms with van der Waals surface area (Å²) in [4.78, 5) is 15.8. The molecule has 0 fully saturated rings. The lowest BCUT2D eigenvalue weighted by Crippen LogP contribution is -1.96. The van der Waals surface area contributed by atoms with Crippen molar-refractivity contribution in [2.24, 2.45) is 10.2 Å². The van der Waals surface area contributed by atoms with Gasteiger partial charge in [-0.3, -0.25) is 20.0 Å². The summed E-state index contributed by atoms with van der Waals surface area (Å²) in [5.74, 6) is 0. The molecule has 0 amide bonds. The Kier molecular flexibility index (Phi) is 3.58. The highest BCUT2D eigenvalue weighted by atomic mass is 16.1. The van der Waals surface area contributed by atoms with Gasteiger partial charge in [0.2, 0.25) is 0 Å². The number of aromatic nitrogens is 3. The van der Waals surface area contributed by atoms with E-state index in [1.165, 1.54) is 0 Å². The highest BCUT2D eigenvalue weighted by Crippen LogP contribution is 2.25. The van der Waals surface area contributed by atoms with Crippen LogP contribution >= 0.6 is 0 Å². The number of hydrogen-bond acceptors (Lipinski definition) is 5. The number of H-pyrrole nitrogens is 2. The molecule has 0 atom stereocenters. The Balaban J connectivity index is 1.95. The average molecular weight is 290 g/mol. The zero-order valence-electron chi connectivity index (χ0n) is 11.3. The third-order valence-electron chi connectivity index (χ3n) is 2.96. The van der Waals surface area contributed by atoms with Gasteiger partial charge in [-0.25, -0.2) is 0 Å². The van der Waals surface area contributed by atoms with Crippen LogP contribution in [-0.2, 0) is 0 Å². The van der Waals surface area contributed by atoms with Gasteiger partial charge in [0.1, 0.15) is 0 Å². The maximum atomic E-state index is 11.8. The van der Waals surface area contributed by atoms with E-state index in [-0.39, 0.29) is 11.2 Å².